The van der Waals surface area contributed by atoms with Gasteiger partial charge in [-0.1, -0.05) is 0 Å². The van der Waals surface area contributed by atoms with Gasteiger partial charge in [-0.15, -0.1) is 0 Å². The molecule has 4 N–H and O–H groups in total. The first-order valence-electron chi connectivity index (χ1n) is 3.70. The van der Waals surface area contributed by atoms with E-state index in [9.17, 15) is 10.2 Å². The first kappa shape index (κ1) is 8.93. The maximum absolute atomic E-state index is 9.30. The second-order valence-electron chi connectivity index (χ2n) is 2.97. The Morgan fingerprint density at radius 3 is 2.27 bits per heavy atom. The van der Waals surface area contributed by atoms with Crippen molar-refractivity contribution in [3.8, 4) is 0 Å². The maximum atomic E-state index is 9.30. The van der Waals surface area contributed by atoms with E-state index in [2.05, 4.69) is 12.4 Å². The lowest BCUT2D eigenvalue weighted by Gasteiger charge is -2.15. The fourth-order valence-electron chi connectivity index (χ4n) is 1.51. The predicted octanol–water partition coefficient (Wildman–Crippen LogP) is -1.53. The van der Waals surface area contributed by atoms with Crippen molar-refractivity contribution < 1.29 is 15.3 Å². The van der Waals surface area contributed by atoms with Crippen LogP contribution < -0.4 is 5.32 Å². The lowest BCUT2D eigenvalue weighted by Crippen LogP contribution is -2.37. The minimum absolute atomic E-state index is 0.0869. The number of nitrogens with one attached hydrogen (secondary N) is 1. The number of rotatable bonds is 2. The molecule has 11 heavy (non-hydrogen) atoms. The Kier molecular flexibility index (Phi) is 2.84. The maximum Gasteiger partial charge on any atom is 0.0955 e. The van der Waals surface area contributed by atoms with Gasteiger partial charge in [-0.05, 0) is 6.42 Å². The first-order chi connectivity index (χ1) is 5.20. The second kappa shape index (κ2) is 3.49. The van der Waals surface area contributed by atoms with Gasteiger partial charge in [-0.25, -0.2) is 0 Å². The Hall–Kier alpha value is -0.160. The lowest BCUT2D eigenvalue weighted by molar-refractivity contribution is 0.000875. The minimum atomic E-state index is -0.820. The van der Waals surface area contributed by atoms with Gasteiger partial charge in [0.15, 0.2) is 0 Å². The van der Waals surface area contributed by atoms with Crippen molar-refractivity contribution in [2.45, 2.75) is 24.7 Å². The van der Waals surface area contributed by atoms with E-state index < -0.39 is 12.2 Å². The van der Waals surface area contributed by atoms with Crippen LogP contribution in [0, 0.1) is 13.0 Å². The minimum Gasteiger partial charge on any atom is -0.396 e. The van der Waals surface area contributed by atoms with Crippen molar-refractivity contribution in [2.24, 2.45) is 5.92 Å². The van der Waals surface area contributed by atoms with E-state index in [1.54, 1.807) is 0 Å². The van der Waals surface area contributed by atoms with E-state index in [4.69, 9.17) is 5.11 Å². The molecule has 0 aromatic carbocycles. The third-order valence-corrected chi connectivity index (χ3v) is 2.30. The molecule has 65 valence electrons. The highest BCUT2D eigenvalue weighted by molar-refractivity contribution is 4.94. The molecule has 0 amide bonds. The largest absolute Gasteiger partial charge is 0.396 e. The molecular weight excluding hydrogens is 146 g/mol. The average Bonchev–Trinajstić information content (AvgIpc) is 2.30. The Labute approximate surface area is 65.9 Å². The van der Waals surface area contributed by atoms with E-state index in [0.29, 0.717) is 6.42 Å². The van der Waals surface area contributed by atoms with Crippen LogP contribution >= 0.6 is 0 Å². The smallest absolute Gasteiger partial charge is 0.0955 e. The fourth-order valence-corrected chi connectivity index (χ4v) is 1.51. The molecule has 1 aliphatic carbocycles. The van der Waals surface area contributed by atoms with E-state index >= 15 is 0 Å². The molecule has 4 atom stereocenters. The van der Waals surface area contributed by atoms with Gasteiger partial charge < -0.3 is 20.6 Å². The lowest BCUT2D eigenvalue weighted by atomic mass is 10.1. The van der Waals surface area contributed by atoms with Crippen LogP contribution in [0.15, 0.2) is 0 Å². The van der Waals surface area contributed by atoms with Gasteiger partial charge >= 0.3 is 0 Å². The van der Waals surface area contributed by atoms with Crippen LogP contribution in [0.4, 0.5) is 0 Å². The normalized spacial score (nSPS) is 44.7. The number of aliphatic hydroxyl groups excluding tert-OH is 3. The van der Waals surface area contributed by atoms with Crippen molar-refractivity contribution in [2.75, 3.05) is 6.61 Å². The highest BCUT2D eigenvalue weighted by Crippen LogP contribution is 2.25. The van der Waals surface area contributed by atoms with Crippen LogP contribution in [0.5, 0.6) is 0 Å². The highest BCUT2D eigenvalue weighted by Gasteiger charge is 2.39. The molecule has 0 aromatic rings. The molecule has 1 radical (unpaired) electrons. The molecule has 1 aliphatic rings. The summed E-state index contributed by atoms with van der Waals surface area (Å²) in [5.41, 5.74) is 0. The van der Waals surface area contributed by atoms with Crippen molar-refractivity contribution >= 4 is 0 Å². The SMILES string of the molecule is [CH2]NC1CC(CO)C(O)C1O. The van der Waals surface area contributed by atoms with E-state index in [1.807, 2.05) is 0 Å². The van der Waals surface area contributed by atoms with Gasteiger partial charge in [0, 0.05) is 25.6 Å². The summed E-state index contributed by atoms with van der Waals surface area (Å²) >= 11 is 0. The summed E-state index contributed by atoms with van der Waals surface area (Å²) in [7, 11) is 3.42. The fraction of sp³-hybridized carbons (Fsp3) is 0.857. The topological polar surface area (TPSA) is 72.7 Å². The summed E-state index contributed by atoms with van der Waals surface area (Å²) in [6.07, 6.45) is -1.05. The molecule has 4 nitrogen and oxygen atoms in total. The van der Waals surface area contributed by atoms with Crippen LogP contribution in [0.2, 0.25) is 0 Å². The third kappa shape index (κ3) is 1.54. The Morgan fingerprint density at radius 2 is 2.00 bits per heavy atom. The Morgan fingerprint density at radius 1 is 1.36 bits per heavy atom. The quantitative estimate of drug-likeness (QED) is 0.395. The van der Waals surface area contributed by atoms with Crippen molar-refractivity contribution in [1.29, 1.82) is 0 Å². The zero-order valence-electron chi connectivity index (χ0n) is 6.27. The molecule has 0 bridgehead atoms. The summed E-state index contributed by atoms with van der Waals surface area (Å²) < 4.78 is 0. The molecule has 4 unspecified atom stereocenters. The molecule has 0 saturated heterocycles. The van der Waals surface area contributed by atoms with E-state index in [1.165, 1.54) is 0 Å². The highest BCUT2D eigenvalue weighted by atomic mass is 16.3. The molecule has 0 heterocycles. The molecule has 4 heteroatoms. The average molecular weight is 160 g/mol. The monoisotopic (exact) mass is 160 g/mol. The number of aliphatic hydroxyl groups is 3. The zero-order chi connectivity index (χ0) is 8.43. The number of hydrogen-bond acceptors (Lipinski definition) is 4. The summed E-state index contributed by atoms with van der Waals surface area (Å²) in [6.45, 7) is -0.0869. The van der Waals surface area contributed by atoms with Crippen LogP contribution in [0.25, 0.3) is 0 Å². The van der Waals surface area contributed by atoms with Gasteiger partial charge in [0.25, 0.3) is 0 Å². The van der Waals surface area contributed by atoms with Gasteiger partial charge in [0.2, 0.25) is 0 Å². The Bertz CT molecular complexity index is 113. The Balaban J connectivity index is 2.53. The van der Waals surface area contributed by atoms with Crippen LogP contribution in [-0.2, 0) is 0 Å². The summed E-state index contributed by atoms with van der Waals surface area (Å²) in [4.78, 5) is 0. The standard InChI is InChI=1S/C7H14NO3/c1-8-5-2-4(3-9)6(10)7(5)11/h4-11H,1-3H2. The summed E-state index contributed by atoms with van der Waals surface area (Å²) in [5, 5.41) is 30.0. The molecule has 1 rings (SSSR count). The van der Waals surface area contributed by atoms with Gasteiger partial charge in [-0.2, -0.15) is 0 Å². The zero-order valence-corrected chi connectivity index (χ0v) is 6.27. The summed E-state index contributed by atoms with van der Waals surface area (Å²) in [6, 6.07) is -0.192. The molecular formula is C7H14NO3. The predicted molar refractivity (Wildman–Crippen MR) is 39.5 cm³/mol. The van der Waals surface area contributed by atoms with E-state index in [-0.39, 0.29) is 18.6 Å². The summed E-state index contributed by atoms with van der Waals surface area (Å²) in [5.74, 6) is -0.218. The van der Waals surface area contributed by atoms with Crippen molar-refractivity contribution in [1.82, 2.24) is 5.32 Å². The molecule has 0 aliphatic heterocycles. The first-order valence-corrected chi connectivity index (χ1v) is 3.70. The van der Waals surface area contributed by atoms with Crippen molar-refractivity contribution in [3.05, 3.63) is 7.05 Å². The van der Waals surface area contributed by atoms with Gasteiger partial charge in [0.1, 0.15) is 0 Å². The molecule has 0 spiro atoms. The van der Waals surface area contributed by atoms with Crippen LogP contribution in [0.1, 0.15) is 6.42 Å². The van der Waals surface area contributed by atoms with E-state index in [0.717, 1.165) is 0 Å². The van der Waals surface area contributed by atoms with Crippen LogP contribution in [0.3, 0.4) is 0 Å². The third-order valence-electron chi connectivity index (χ3n) is 2.30. The number of hydrogen-bond donors (Lipinski definition) is 4. The second-order valence-corrected chi connectivity index (χ2v) is 2.97. The van der Waals surface area contributed by atoms with Crippen molar-refractivity contribution in [3.63, 3.8) is 0 Å². The van der Waals surface area contributed by atoms with Gasteiger partial charge in [0.05, 0.1) is 12.2 Å². The molecule has 1 fully saturated rings. The van der Waals surface area contributed by atoms with Crippen LogP contribution in [-0.4, -0.2) is 40.2 Å². The molecule has 0 aromatic heterocycles. The molecule has 1 saturated carbocycles. The van der Waals surface area contributed by atoms with Gasteiger partial charge in [-0.3, -0.25) is 0 Å².